The summed E-state index contributed by atoms with van der Waals surface area (Å²) in [6.07, 6.45) is 0.974. The molecule has 0 unspecified atom stereocenters. The molecule has 0 aliphatic heterocycles. The highest BCUT2D eigenvalue weighted by atomic mass is 35.5. The summed E-state index contributed by atoms with van der Waals surface area (Å²) < 4.78 is 0. The lowest BCUT2D eigenvalue weighted by atomic mass is 10.1. The molecular weight excluding hydrogens is 277 g/mol. The molecule has 0 atom stereocenters. The van der Waals surface area contributed by atoms with E-state index >= 15 is 0 Å². The average molecular weight is 295 g/mol. The van der Waals surface area contributed by atoms with E-state index in [0.29, 0.717) is 11.9 Å². The minimum atomic E-state index is 0.450. The molecule has 1 nitrogen and oxygen atoms in total. The van der Waals surface area contributed by atoms with Crippen LogP contribution in [0.2, 0.25) is 10.0 Å². The van der Waals surface area contributed by atoms with E-state index in [-0.39, 0.29) is 0 Å². The molecule has 1 aromatic carbocycles. The van der Waals surface area contributed by atoms with Crippen molar-refractivity contribution >= 4 is 34.8 Å². The maximum Gasteiger partial charge on any atom is 0.0465 e. The second kappa shape index (κ2) is 7.48. The van der Waals surface area contributed by atoms with Crippen molar-refractivity contribution in [1.29, 1.82) is 0 Å². The Kier molecular flexibility index (Phi) is 6.65. The van der Waals surface area contributed by atoms with E-state index in [1.807, 2.05) is 18.2 Å². The first-order valence-electron chi connectivity index (χ1n) is 5.79. The third-order valence-electron chi connectivity index (χ3n) is 2.73. The van der Waals surface area contributed by atoms with Gasteiger partial charge in [-0.25, -0.2) is 0 Å². The van der Waals surface area contributed by atoms with Crippen molar-refractivity contribution in [2.75, 3.05) is 12.4 Å². The summed E-state index contributed by atoms with van der Waals surface area (Å²) in [6.45, 7) is 6.06. The van der Waals surface area contributed by atoms with Gasteiger partial charge >= 0.3 is 0 Å². The monoisotopic (exact) mass is 293 g/mol. The molecule has 0 aliphatic rings. The lowest BCUT2D eigenvalue weighted by Crippen LogP contribution is -2.31. The Hall–Kier alpha value is 0.0500. The fraction of sp³-hybridized carbons (Fsp3) is 0.538. The Morgan fingerprint density at radius 3 is 2.24 bits per heavy atom. The fourth-order valence-electron chi connectivity index (χ4n) is 1.67. The van der Waals surface area contributed by atoms with Gasteiger partial charge in [-0.3, -0.25) is 4.90 Å². The third kappa shape index (κ3) is 4.67. The minimum Gasteiger partial charge on any atom is -0.297 e. The van der Waals surface area contributed by atoms with Gasteiger partial charge in [-0.05, 0) is 38.9 Å². The summed E-state index contributed by atoms with van der Waals surface area (Å²) in [5, 5.41) is 1.46. The van der Waals surface area contributed by atoms with E-state index in [1.165, 1.54) is 0 Å². The number of rotatable bonds is 6. The normalized spacial score (nSPS) is 11.5. The van der Waals surface area contributed by atoms with Gasteiger partial charge < -0.3 is 0 Å². The lowest BCUT2D eigenvalue weighted by Gasteiger charge is -2.27. The first-order chi connectivity index (χ1) is 8.06. The van der Waals surface area contributed by atoms with Gasteiger partial charge in [-0.15, -0.1) is 11.6 Å². The Bertz CT molecular complexity index is 332. The summed E-state index contributed by atoms with van der Waals surface area (Å²) in [5.74, 6) is 0.680. The third-order valence-corrected chi connectivity index (χ3v) is 3.71. The molecule has 0 heterocycles. The number of nitrogens with zero attached hydrogens (tertiary/aromatic N) is 1. The first-order valence-corrected chi connectivity index (χ1v) is 7.08. The van der Waals surface area contributed by atoms with Crippen molar-refractivity contribution in [2.24, 2.45) is 0 Å². The van der Waals surface area contributed by atoms with Gasteiger partial charge in [0, 0.05) is 34.1 Å². The molecule has 0 saturated carbocycles. The molecule has 0 radical (unpaired) electrons. The van der Waals surface area contributed by atoms with Crippen LogP contribution in [-0.4, -0.2) is 23.4 Å². The molecule has 17 heavy (non-hydrogen) atoms. The lowest BCUT2D eigenvalue weighted by molar-refractivity contribution is 0.214. The van der Waals surface area contributed by atoms with Crippen LogP contribution in [0.15, 0.2) is 18.2 Å². The van der Waals surface area contributed by atoms with Crippen LogP contribution in [-0.2, 0) is 6.54 Å². The van der Waals surface area contributed by atoms with Gasteiger partial charge in [0.05, 0.1) is 0 Å². The van der Waals surface area contributed by atoms with Crippen LogP contribution < -0.4 is 0 Å². The molecule has 0 spiro atoms. The maximum atomic E-state index is 6.18. The van der Waals surface area contributed by atoms with E-state index in [1.54, 1.807) is 0 Å². The van der Waals surface area contributed by atoms with E-state index in [0.717, 1.165) is 35.1 Å². The van der Waals surface area contributed by atoms with Gasteiger partial charge in [0.1, 0.15) is 0 Å². The van der Waals surface area contributed by atoms with Crippen LogP contribution in [0.25, 0.3) is 0 Å². The van der Waals surface area contributed by atoms with E-state index in [4.69, 9.17) is 34.8 Å². The predicted octanol–water partition coefficient (Wildman–Crippen LogP) is 4.83. The van der Waals surface area contributed by atoms with Crippen LogP contribution in [0.3, 0.4) is 0 Å². The molecular formula is C13H18Cl3N. The van der Waals surface area contributed by atoms with Crippen LogP contribution in [0.4, 0.5) is 0 Å². The van der Waals surface area contributed by atoms with Crippen molar-refractivity contribution in [1.82, 2.24) is 4.90 Å². The maximum absolute atomic E-state index is 6.18. The molecule has 0 aromatic heterocycles. The second-order valence-corrected chi connectivity index (χ2v) is 5.50. The largest absolute Gasteiger partial charge is 0.297 e. The number of hydrogen-bond acceptors (Lipinski definition) is 1. The Morgan fingerprint density at radius 1 is 1.18 bits per heavy atom. The highest BCUT2D eigenvalue weighted by molar-refractivity contribution is 6.35. The fourth-order valence-corrected chi connectivity index (χ4v) is 2.31. The van der Waals surface area contributed by atoms with Crippen LogP contribution in [0, 0.1) is 0 Å². The topological polar surface area (TPSA) is 3.24 Å². The van der Waals surface area contributed by atoms with Crippen molar-refractivity contribution in [3.8, 4) is 0 Å². The molecule has 0 amide bonds. The highest BCUT2D eigenvalue weighted by Gasteiger charge is 2.13. The molecule has 0 bridgehead atoms. The summed E-state index contributed by atoms with van der Waals surface area (Å²) in [7, 11) is 0. The zero-order valence-corrected chi connectivity index (χ0v) is 12.5. The van der Waals surface area contributed by atoms with E-state index < -0.39 is 0 Å². The van der Waals surface area contributed by atoms with E-state index in [9.17, 15) is 0 Å². The summed E-state index contributed by atoms with van der Waals surface area (Å²) in [6, 6.07) is 6.07. The molecule has 0 aliphatic carbocycles. The number of halogens is 3. The molecule has 1 aromatic rings. The van der Waals surface area contributed by atoms with Gasteiger partial charge in [-0.1, -0.05) is 29.3 Å². The highest BCUT2D eigenvalue weighted by Crippen LogP contribution is 2.26. The molecule has 0 saturated heterocycles. The number of hydrogen-bond donors (Lipinski definition) is 0. The minimum absolute atomic E-state index is 0.450. The predicted molar refractivity (Wildman–Crippen MR) is 77.3 cm³/mol. The molecule has 4 heteroatoms. The van der Waals surface area contributed by atoms with Crippen molar-refractivity contribution in [3.05, 3.63) is 33.8 Å². The summed E-state index contributed by atoms with van der Waals surface area (Å²) >= 11 is 18.1. The van der Waals surface area contributed by atoms with Gasteiger partial charge in [-0.2, -0.15) is 0 Å². The Morgan fingerprint density at radius 2 is 1.76 bits per heavy atom. The summed E-state index contributed by atoms with van der Waals surface area (Å²) in [4.78, 5) is 2.33. The molecule has 0 fully saturated rings. The zero-order valence-electron chi connectivity index (χ0n) is 10.2. The second-order valence-electron chi connectivity index (χ2n) is 4.31. The SMILES string of the molecule is CC(C)N(CCCCl)Cc1c(Cl)cccc1Cl. The van der Waals surface area contributed by atoms with E-state index in [2.05, 4.69) is 18.7 Å². The van der Waals surface area contributed by atoms with Gasteiger partial charge in [0.15, 0.2) is 0 Å². The summed E-state index contributed by atoms with van der Waals surface area (Å²) in [5.41, 5.74) is 0.999. The van der Waals surface area contributed by atoms with Crippen LogP contribution in [0.1, 0.15) is 25.8 Å². The van der Waals surface area contributed by atoms with Crippen molar-refractivity contribution < 1.29 is 0 Å². The average Bonchev–Trinajstić information content (AvgIpc) is 2.27. The molecule has 1 rings (SSSR count). The molecule has 0 N–H and O–H groups in total. The van der Waals surface area contributed by atoms with Crippen LogP contribution in [0.5, 0.6) is 0 Å². The van der Waals surface area contributed by atoms with Gasteiger partial charge in [0.2, 0.25) is 0 Å². The van der Waals surface area contributed by atoms with Crippen molar-refractivity contribution in [2.45, 2.75) is 32.9 Å². The number of benzene rings is 1. The molecule has 96 valence electrons. The van der Waals surface area contributed by atoms with Gasteiger partial charge in [0.25, 0.3) is 0 Å². The zero-order chi connectivity index (χ0) is 12.8. The Balaban J connectivity index is 2.78. The van der Waals surface area contributed by atoms with Crippen LogP contribution >= 0.6 is 34.8 Å². The Labute approximate surface area is 119 Å². The first kappa shape index (κ1) is 15.1. The number of alkyl halides is 1. The standard InChI is InChI=1S/C13H18Cl3N/c1-10(2)17(8-4-7-14)9-11-12(15)5-3-6-13(11)16/h3,5-6,10H,4,7-9H2,1-2H3. The smallest absolute Gasteiger partial charge is 0.0465 e. The quantitative estimate of drug-likeness (QED) is 0.679. The van der Waals surface area contributed by atoms with Crippen molar-refractivity contribution in [3.63, 3.8) is 0 Å².